The Labute approximate surface area is 242 Å². The molecule has 13 nitrogen and oxygen atoms in total. The summed E-state index contributed by atoms with van der Waals surface area (Å²) < 4.78 is 0. The van der Waals surface area contributed by atoms with Crippen LogP contribution in [0.5, 0.6) is 5.75 Å². The molecule has 1 fully saturated rings. The first kappa shape index (κ1) is 31.2. The molecule has 1 aromatic carbocycles. The number of nitrogens with zero attached hydrogens (tertiary/aromatic N) is 2. The number of carbonyl (C=O) groups is 4. The zero-order valence-corrected chi connectivity index (χ0v) is 24.4. The normalized spacial score (nSPS) is 29.8. The highest BCUT2D eigenvalue weighted by Crippen LogP contribution is 2.56. The van der Waals surface area contributed by atoms with Crippen LogP contribution in [0.2, 0.25) is 0 Å². The van der Waals surface area contributed by atoms with Crippen molar-refractivity contribution in [3.8, 4) is 5.75 Å². The van der Waals surface area contributed by atoms with Gasteiger partial charge in [0.25, 0.3) is 5.91 Å². The first-order valence-corrected chi connectivity index (χ1v) is 13.7. The predicted molar refractivity (Wildman–Crippen MR) is 151 cm³/mol. The van der Waals surface area contributed by atoms with Crippen LogP contribution in [0.1, 0.15) is 43.7 Å². The van der Waals surface area contributed by atoms with E-state index in [0.717, 1.165) is 6.42 Å². The molecule has 228 valence electrons. The first-order chi connectivity index (χ1) is 19.5. The Morgan fingerprint density at radius 2 is 1.74 bits per heavy atom. The molecular formula is C29H38N4O9. The van der Waals surface area contributed by atoms with Crippen LogP contribution in [0.4, 0.5) is 5.69 Å². The quantitative estimate of drug-likeness (QED) is 0.169. The van der Waals surface area contributed by atoms with Crippen LogP contribution in [0.15, 0.2) is 29.0 Å². The molecule has 0 saturated heterocycles. The monoisotopic (exact) mass is 586 g/mol. The maximum Gasteiger partial charge on any atom is 0.255 e. The number of carbonyl (C=O) groups excluding carboxylic acids is 4. The number of rotatable bonds is 7. The third-order valence-electron chi connectivity index (χ3n) is 8.88. The smallest absolute Gasteiger partial charge is 0.255 e. The fraction of sp³-hybridized carbons (Fsp3) is 0.517. The van der Waals surface area contributed by atoms with Crippen molar-refractivity contribution in [2.45, 2.75) is 56.4 Å². The van der Waals surface area contributed by atoms with E-state index in [1.807, 2.05) is 6.92 Å². The highest BCUT2D eigenvalue weighted by atomic mass is 16.4. The molecule has 3 aliphatic carbocycles. The van der Waals surface area contributed by atoms with E-state index in [0.29, 0.717) is 12.0 Å². The zero-order chi connectivity index (χ0) is 31.6. The molecule has 8 N–H and O–H groups in total. The van der Waals surface area contributed by atoms with Crippen molar-refractivity contribution in [1.82, 2.24) is 9.80 Å². The molecule has 3 aliphatic rings. The topological polar surface area (TPSA) is 214 Å². The van der Waals surface area contributed by atoms with Crippen LogP contribution in [-0.2, 0) is 19.2 Å². The van der Waals surface area contributed by atoms with E-state index < -0.39 is 93.3 Å². The number of phenols is 1. The number of benzene rings is 1. The number of aromatic hydroxyl groups is 1. The molecule has 4 rings (SSSR count). The molecule has 1 aromatic rings. The zero-order valence-electron chi connectivity index (χ0n) is 24.4. The molecule has 7 atom stereocenters. The second-order valence-electron chi connectivity index (χ2n) is 11.7. The Hall–Kier alpha value is -3.78. The standard InChI is InChI=1S/C29H38N4O9/c1-7-8-14(32(3)4)28(41)31-13-10-9-12-11(2)15-17(22(35)16(12)21(13)34)25(38)29(42)19(23(15)36)20(33(5)6)24(37)18(26(29)39)27(30)40/h9-11,14-15,19-20,23,34-36,39,42H,7-8H2,1-6H3,(H2,30,40)(H,31,41)/t11?,14?,15?,19?,20-,23?,29-/m0/s1. The number of phenolic OH excluding ortho intramolecular Hbond substituents is 1. The summed E-state index contributed by atoms with van der Waals surface area (Å²) in [6.07, 6.45) is -0.408. The van der Waals surface area contributed by atoms with Gasteiger partial charge < -0.3 is 36.6 Å². The minimum absolute atomic E-state index is 0.0328. The van der Waals surface area contributed by atoms with Gasteiger partial charge in [0.15, 0.2) is 11.4 Å². The fourth-order valence-electron chi connectivity index (χ4n) is 6.83. The lowest BCUT2D eigenvalue weighted by molar-refractivity contribution is -0.169. The third-order valence-corrected chi connectivity index (χ3v) is 8.88. The van der Waals surface area contributed by atoms with Crippen LogP contribution in [-0.4, -0.2) is 111 Å². The Morgan fingerprint density at radius 1 is 1.12 bits per heavy atom. The number of Topliss-reactive ketones (excluding diaryl/α,β-unsaturated/α-hetero) is 2. The Bertz CT molecular complexity index is 1430. The van der Waals surface area contributed by atoms with Gasteiger partial charge in [-0.15, -0.1) is 0 Å². The van der Waals surface area contributed by atoms with Crippen molar-refractivity contribution < 1.29 is 44.7 Å². The second-order valence-corrected chi connectivity index (χ2v) is 11.7. The van der Waals surface area contributed by atoms with E-state index in [4.69, 9.17) is 5.73 Å². The van der Waals surface area contributed by atoms with Crippen LogP contribution < -0.4 is 11.1 Å². The third kappa shape index (κ3) is 4.30. The summed E-state index contributed by atoms with van der Waals surface area (Å²) >= 11 is 0. The Balaban J connectivity index is 1.91. The molecule has 0 radical (unpaired) electrons. The van der Waals surface area contributed by atoms with Crippen LogP contribution in [0.3, 0.4) is 0 Å². The lowest BCUT2D eigenvalue weighted by Gasteiger charge is -2.53. The minimum Gasteiger partial charge on any atom is -0.508 e. The summed E-state index contributed by atoms with van der Waals surface area (Å²) in [6, 6.07) is 1.06. The van der Waals surface area contributed by atoms with Crippen molar-refractivity contribution in [2.24, 2.45) is 17.6 Å². The average Bonchev–Trinajstić information content (AvgIpc) is 2.89. The molecule has 0 aliphatic heterocycles. The predicted octanol–water partition coefficient (Wildman–Crippen LogP) is 0.165. The van der Waals surface area contributed by atoms with Crippen LogP contribution >= 0.6 is 0 Å². The minimum atomic E-state index is -3.00. The molecular weight excluding hydrogens is 548 g/mol. The van der Waals surface area contributed by atoms with E-state index in [1.165, 1.54) is 25.1 Å². The summed E-state index contributed by atoms with van der Waals surface area (Å²) in [6.45, 7) is 3.57. The van der Waals surface area contributed by atoms with Crippen LogP contribution in [0, 0.1) is 11.8 Å². The molecule has 0 heterocycles. The molecule has 0 spiro atoms. The number of hydrogen-bond donors (Lipinski definition) is 7. The van der Waals surface area contributed by atoms with Gasteiger partial charge in [0, 0.05) is 11.5 Å². The van der Waals surface area contributed by atoms with Gasteiger partial charge in [0.1, 0.15) is 22.8 Å². The fourth-order valence-corrected chi connectivity index (χ4v) is 6.83. The van der Waals surface area contributed by atoms with Gasteiger partial charge in [0.2, 0.25) is 11.7 Å². The van der Waals surface area contributed by atoms with Crippen molar-refractivity contribution >= 4 is 34.8 Å². The number of hydrogen-bond acceptors (Lipinski definition) is 11. The molecule has 5 unspecified atom stereocenters. The number of nitrogens with one attached hydrogen (secondary N) is 1. The summed E-state index contributed by atoms with van der Waals surface area (Å²) in [5.41, 5.74) is 0.975. The van der Waals surface area contributed by atoms with Crippen LogP contribution in [0.25, 0.3) is 5.76 Å². The number of likely N-dealkylation sites (N-methyl/N-ethyl adjacent to an activating group) is 2. The average molecular weight is 587 g/mol. The molecule has 42 heavy (non-hydrogen) atoms. The summed E-state index contributed by atoms with van der Waals surface area (Å²) in [7, 11) is 6.38. The molecule has 1 saturated carbocycles. The van der Waals surface area contributed by atoms with Gasteiger partial charge in [-0.25, -0.2) is 0 Å². The maximum atomic E-state index is 14.1. The number of anilines is 1. The van der Waals surface area contributed by atoms with Gasteiger partial charge in [-0.1, -0.05) is 26.3 Å². The lowest BCUT2D eigenvalue weighted by Crippen LogP contribution is -2.70. The molecule has 0 bridgehead atoms. The summed E-state index contributed by atoms with van der Waals surface area (Å²) in [5, 5.41) is 59.8. The number of amides is 2. The van der Waals surface area contributed by atoms with Crippen molar-refractivity contribution in [3.05, 3.63) is 40.2 Å². The lowest BCUT2D eigenvalue weighted by atomic mass is 9.54. The van der Waals surface area contributed by atoms with Gasteiger partial charge in [-0.05, 0) is 52.2 Å². The van der Waals surface area contributed by atoms with Gasteiger partial charge in [-0.3, -0.25) is 29.0 Å². The van der Waals surface area contributed by atoms with Gasteiger partial charge in [0.05, 0.1) is 35.4 Å². The van der Waals surface area contributed by atoms with Crippen molar-refractivity contribution in [2.75, 3.05) is 33.5 Å². The van der Waals surface area contributed by atoms with E-state index in [9.17, 15) is 44.7 Å². The highest BCUT2D eigenvalue weighted by Gasteiger charge is 2.68. The molecule has 0 aromatic heterocycles. The number of fused-ring (bicyclic) bond motifs is 3. The SMILES string of the molecule is CCCC(C(=O)Nc1ccc2c(c1O)C(O)=C1C(=O)[C@]3(O)C(O)=C(C(N)=O)C(=O)[C@@H](N(C)C)C3C(O)C1C2C)N(C)C. The number of aliphatic hydroxyl groups excluding tert-OH is 3. The maximum absolute atomic E-state index is 14.1. The van der Waals surface area contributed by atoms with Gasteiger partial charge >= 0.3 is 0 Å². The molecule has 2 amide bonds. The first-order valence-electron chi connectivity index (χ1n) is 13.7. The number of ketones is 2. The summed E-state index contributed by atoms with van der Waals surface area (Å²) in [4.78, 5) is 55.5. The van der Waals surface area contributed by atoms with E-state index in [1.54, 1.807) is 32.0 Å². The van der Waals surface area contributed by atoms with Gasteiger partial charge in [-0.2, -0.15) is 0 Å². The Kier molecular flexibility index (Phi) is 8.02. The van der Waals surface area contributed by atoms with E-state index in [-0.39, 0.29) is 11.3 Å². The van der Waals surface area contributed by atoms with Crippen molar-refractivity contribution in [3.63, 3.8) is 0 Å². The second kappa shape index (κ2) is 10.8. The molecule has 13 heteroatoms. The van der Waals surface area contributed by atoms with Crippen molar-refractivity contribution in [1.29, 1.82) is 0 Å². The highest BCUT2D eigenvalue weighted by molar-refractivity contribution is 6.24. The Morgan fingerprint density at radius 3 is 2.26 bits per heavy atom. The number of aliphatic hydroxyl groups is 4. The number of primary amides is 1. The van der Waals surface area contributed by atoms with E-state index in [2.05, 4.69) is 5.32 Å². The largest absolute Gasteiger partial charge is 0.508 e. The summed E-state index contributed by atoms with van der Waals surface area (Å²) in [5.74, 6) is -10.2. The number of nitrogens with two attached hydrogens (primary N) is 1. The van der Waals surface area contributed by atoms with E-state index >= 15 is 0 Å².